The molecule has 0 saturated carbocycles. The molecule has 0 aliphatic rings. The Bertz CT molecular complexity index is 479. The Morgan fingerprint density at radius 3 is 2.67 bits per heavy atom. The first-order valence-corrected chi connectivity index (χ1v) is 4.97. The van der Waals surface area contributed by atoms with E-state index in [1.807, 2.05) is 36.7 Å². The van der Waals surface area contributed by atoms with E-state index < -0.39 is 0 Å². The number of ether oxygens (including phenoxy) is 1. The highest BCUT2D eigenvalue weighted by Crippen LogP contribution is 2.27. The van der Waals surface area contributed by atoms with Gasteiger partial charge in [0.25, 0.3) is 0 Å². The van der Waals surface area contributed by atoms with Gasteiger partial charge < -0.3 is 9.30 Å². The second-order valence-corrected chi connectivity index (χ2v) is 3.68. The van der Waals surface area contributed by atoms with E-state index in [1.165, 1.54) is 0 Å². The van der Waals surface area contributed by atoms with Gasteiger partial charge in [-0.05, 0) is 19.1 Å². The van der Waals surface area contributed by atoms with Crippen LogP contribution in [-0.4, -0.2) is 9.55 Å². The van der Waals surface area contributed by atoms with Crippen LogP contribution in [0.5, 0.6) is 11.8 Å². The highest BCUT2D eigenvalue weighted by Gasteiger charge is 2.07. The molecule has 0 aliphatic carbocycles. The highest BCUT2D eigenvalue weighted by molar-refractivity contribution is 6.32. The second-order valence-electron chi connectivity index (χ2n) is 3.27. The van der Waals surface area contributed by atoms with E-state index in [2.05, 4.69) is 4.98 Å². The SMILES string of the molecule is Cc1cnc(Oc2ccccc2Cl)n1C. The lowest BCUT2D eigenvalue weighted by Gasteiger charge is -2.06. The Morgan fingerprint density at radius 1 is 1.33 bits per heavy atom. The summed E-state index contributed by atoms with van der Waals surface area (Å²) in [7, 11) is 1.90. The summed E-state index contributed by atoms with van der Waals surface area (Å²) in [5, 5.41) is 0.582. The molecule has 0 amide bonds. The summed E-state index contributed by atoms with van der Waals surface area (Å²) < 4.78 is 7.45. The van der Waals surface area contributed by atoms with Crippen LogP contribution in [-0.2, 0) is 7.05 Å². The van der Waals surface area contributed by atoms with Crippen molar-refractivity contribution >= 4 is 11.6 Å². The summed E-state index contributed by atoms with van der Waals surface area (Å²) >= 11 is 5.97. The van der Waals surface area contributed by atoms with Crippen LogP contribution in [0.15, 0.2) is 30.5 Å². The number of halogens is 1. The van der Waals surface area contributed by atoms with Crippen LogP contribution < -0.4 is 4.74 Å². The van der Waals surface area contributed by atoms with Crippen LogP contribution >= 0.6 is 11.6 Å². The van der Waals surface area contributed by atoms with Gasteiger partial charge in [-0.2, -0.15) is 0 Å². The number of hydrogen-bond donors (Lipinski definition) is 0. The Labute approximate surface area is 93.3 Å². The van der Waals surface area contributed by atoms with Crippen LogP contribution in [0.3, 0.4) is 0 Å². The fraction of sp³-hybridized carbons (Fsp3) is 0.182. The summed E-state index contributed by atoms with van der Waals surface area (Å²) in [5.74, 6) is 0.618. The van der Waals surface area contributed by atoms with Gasteiger partial charge >= 0.3 is 6.01 Å². The van der Waals surface area contributed by atoms with Crippen molar-refractivity contribution in [1.82, 2.24) is 9.55 Å². The second kappa shape index (κ2) is 3.95. The summed E-state index contributed by atoms with van der Waals surface area (Å²) in [5.41, 5.74) is 1.04. The van der Waals surface area contributed by atoms with Crippen molar-refractivity contribution in [2.45, 2.75) is 6.92 Å². The van der Waals surface area contributed by atoms with E-state index in [0.29, 0.717) is 16.8 Å². The molecule has 2 aromatic rings. The van der Waals surface area contributed by atoms with Crippen LogP contribution in [0, 0.1) is 6.92 Å². The normalized spacial score (nSPS) is 10.3. The third-order valence-electron chi connectivity index (χ3n) is 2.22. The lowest BCUT2D eigenvalue weighted by Crippen LogP contribution is -1.96. The third-order valence-corrected chi connectivity index (χ3v) is 2.53. The molecule has 0 fully saturated rings. The standard InChI is InChI=1S/C11H11ClN2O/c1-8-7-13-11(14(8)2)15-10-6-4-3-5-9(10)12/h3-7H,1-2H3. The molecule has 78 valence electrons. The number of hydrogen-bond acceptors (Lipinski definition) is 2. The van der Waals surface area contributed by atoms with Gasteiger partial charge in [-0.3, -0.25) is 0 Å². The fourth-order valence-electron chi connectivity index (χ4n) is 1.19. The number of aromatic nitrogens is 2. The highest BCUT2D eigenvalue weighted by atomic mass is 35.5. The molecule has 3 nitrogen and oxygen atoms in total. The van der Waals surface area contributed by atoms with E-state index >= 15 is 0 Å². The van der Waals surface area contributed by atoms with Gasteiger partial charge in [-0.25, -0.2) is 4.98 Å². The minimum absolute atomic E-state index is 0.542. The Morgan fingerprint density at radius 2 is 2.07 bits per heavy atom. The van der Waals surface area contributed by atoms with Crippen LogP contribution in [0.2, 0.25) is 5.02 Å². The molecule has 0 atom stereocenters. The van der Waals surface area contributed by atoms with E-state index in [-0.39, 0.29) is 0 Å². The topological polar surface area (TPSA) is 27.1 Å². The van der Waals surface area contributed by atoms with Crippen molar-refractivity contribution < 1.29 is 4.74 Å². The molecule has 4 heteroatoms. The van der Waals surface area contributed by atoms with Crippen molar-refractivity contribution in [3.05, 3.63) is 41.2 Å². The van der Waals surface area contributed by atoms with Gasteiger partial charge in [0, 0.05) is 12.7 Å². The maximum Gasteiger partial charge on any atom is 0.301 e. The fourth-order valence-corrected chi connectivity index (χ4v) is 1.37. The van der Waals surface area contributed by atoms with Gasteiger partial charge in [0.05, 0.1) is 11.2 Å². The molecule has 0 aliphatic heterocycles. The van der Waals surface area contributed by atoms with Crippen LogP contribution in [0.4, 0.5) is 0 Å². The van der Waals surface area contributed by atoms with Crippen LogP contribution in [0.1, 0.15) is 5.69 Å². The Hall–Kier alpha value is -1.48. The number of imidazole rings is 1. The minimum Gasteiger partial charge on any atom is -0.424 e. The molecule has 0 spiro atoms. The van der Waals surface area contributed by atoms with Crippen molar-refractivity contribution in [1.29, 1.82) is 0 Å². The smallest absolute Gasteiger partial charge is 0.301 e. The van der Waals surface area contributed by atoms with E-state index in [9.17, 15) is 0 Å². The molecule has 0 unspecified atom stereocenters. The zero-order valence-electron chi connectivity index (χ0n) is 8.57. The molecule has 1 aromatic heterocycles. The van der Waals surface area contributed by atoms with Crippen molar-refractivity contribution in [2.75, 3.05) is 0 Å². The van der Waals surface area contributed by atoms with E-state index in [4.69, 9.17) is 16.3 Å². The Kier molecular flexibility index (Phi) is 2.64. The zero-order chi connectivity index (χ0) is 10.8. The monoisotopic (exact) mass is 222 g/mol. The molecule has 1 aromatic carbocycles. The average molecular weight is 223 g/mol. The van der Waals surface area contributed by atoms with Gasteiger partial charge in [-0.1, -0.05) is 23.7 Å². The average Bonchev–Trinajstić information content (AvgIpc) is 2.53. The molecule has 0 radical (unpaired) electrons. The summed E-state index contributed by atoms with van der Waals surface area (Å²) in [4.78, 5) is 4.13. The molecule has 0 bridgehead atoms. The van der Waals surface area contributed by atoms with E-state index in [1.54, 1.807) is 12.3 Å². The lowest BCUT2D eigenvalue weighted by molar-refractivity contribution is 0.423. The predicted molar refractivity (Wildman–Crippen MR) is 59.5 cm³/mol. The zero-order valence-corrected chi connectivity index (χ0v) is 9.32. The van der Waals surface area contributed by atoms with Gasteiger partial charge in [-0.15, -0.1) is 0 Å². The number of benzene rings is 1. The summed E-state index contributed by atoms with van der Waals surface area (Å²) in [6, 6.07) is 7.87. The number of rotatable bonds is 2. The molecular weight excluding hydrogens is 212 g/mol. The number of nitrogens with zero attached hydrogens (tertiary/aromatic N) is 2. The molecular formula is C11H11ClN2O. The maximum absolute atomic E-state index is 5.97. The van der Waals surface area contributed by atoms with Crippen molar-refractivity contribution in [3.63, 3.8) is 0 Å². The Balaban J connectivity index is 2.30. The summed E-state index contributed by atoms with van der Waals surface area (Å²) in [6.45, 7) is 1.96. The number of aryl methyl sites for hydroxylation is 1. The first kappa shape index (κ1) is 10.1. The van der Waals surface area contributed by atoms with Crippen molar-refractivity contribution in [2.24, 2.45) is 7.05 Å². The quantitative estimate of drug-likeness (QED) is 0.781. The number of para-hydroxylation sites is 1. The first-order chi connectivity index (χ1) is 7.18. The largest absolute Gasteiger partial charge is 0.424 e. The third kappa shape index (κ3) is 1.97. The van der Waals surface area contributed by atoms with Gasteiger partial charge in [0.1, 0.15) is 5.75 Å². The minimum atomic E-state index is 0.542. The molecule has 2 rings (SSSR count). The van der Waals surface area contributed by atoms with Crippen LogP contribution in [0.25, 0.3) is 0 Å². The molecule has 1 heterocycles. The molecule has 0 saturated heterocycles. The summed E-state index contributed by atoms with van der Waals surface area (Å²) in [6.07, 6.45) is 1.76. The first-order valence-electron chi connectivity index (χ1n) is 4.59. The van der Waals surface area contributed by atoms with Gasteiger partial charge in [0.2, 0.25) is 0 Å². The predicted octanol–water partition coefficient (Wildman–Crippen LogP) is 3.17. The molecule has 0 N–H and O–H groups in total. The van der Waals surface area contributed by atoms with Crippen molar-refractivity contribution in [3.8, 4) is 11.8 Å². The van der Waals surface area contributed by atoms with Gasteiger partial charge in [0.15, 0.2) is 0 Å². The molecule has 15 heavy (non-hydrogen) atoms. The van der Waals surface area contributed by atoms with E-state index in [0.717, 1.165) is 5.69 Å². The lowest BCUT2D eigenvalue weighted by atomic mass is 10.3. The maximum atomic E-state index is 5.97.